The first kappa shape index (κ1) is 17.0. The third-order valence-electron chi connectivity index (χ3n) is 3.43. The van der Waals surface area contributed by atoms with Crippen LogP contribution < -0.4 is 10.6 Å². The minimum atomic E-state index is 0.173. The molecule has 1 aromatic carbocycles. The quantitative estimate of drug-likeness (QED) is 0.864. The lowest BCUT2D eigenvalue weighted by Crippen LogP contribution is -2.29. The van der Waals surface area contributed by atoms with Gasteiger partial charge in [0.05, 0.1) is 28.1 Å². The Labute approximate surface area is 141 Å². The molecule has 1 aromatic heterocycles. The van der Waals surface area contributed by atoms with Gasteiger partial charge in [-0.25, -0.2) is 4.98 Å². The molecule has 2 aromatic rings. The van der Waals surface area contributed by atoms with Crippen LogP contribution in [0.4, 0.5) is 5.82 Å². The maximum Gasteiger partial charge on any atom is 0.147 e. The highest BCUT2D eigenvalue weighted by molar-refractivity contribution is 6.43. The van der Waals surface area contributed by atoms with Crippen LogP contribution in [-0.2, 0) is 0 Å². The van der Waals surface area contributed by atoms with Crippen LogP contribution in [0.15, 0.2) is 30.6 Å². The molecular weight excluding hydrogens is 319 g/mol. The summed E-state index contributed by atoms with van der Waals surface area (Å²) >= 11 is 12.3. The number of hydrogen-bond acceptors (Lipinski definition) is 4. The number of halogens is 2. The van der Waals surface area contributed by atoms with Gasteiger partial charge in [0.2, 0.25) is 0 Å². The molecule has 0 saturated carbocycles. The van der Waals surface area contributed by atoms with Gasteiger partial charge < -0.3 is 10.6 Å². The van der Waals surface area contributed by atoms with Crippen molar-refractivity contribution in [2.75, 3.05) is 18.0 Å². The van der Waals surface area contributed by atoms with Gasteiger partial charge in [-0.05, 0) is 26.3 Å². The van der Waals surface area contributed by atoms with E-state index in [4.69, 9.17) is 28.9 Å². The molecule has 2 N–H and O–H groups in total. The van der Waals surface area contributed by atoms with Gasteiger partial charge in [-0.3, -0.25) is 4.98 Å². The molecule has 4 nitrogen and oxygen atoms in total. The van der Waals surface area contributed by atoms with Crippen LogP contribution in [0.2, 0.25) is 10.0 Å². The highest BCUT2D eigenvalue weighted by Crippen LogP contribution is 2.32. The predicted molar refractivity (Wildman–Crippen MR) is 93.6 cm³/mol. The molecular formula is C16H20Cl2N4. The molecule has 0 radical (unpaired) electrons. The lowest BCUT2D eigenvalue weighted by atomic mass is 10.1. The van der Waals surface area contributed by atoms with Crippen LogP contribution in [0.5, 0.6) is 0 Å². The molecule has 0 saturated heterocycles. The summed E-state index contributed by atoms with van der Waals surface area (Å²) in [5, 5.41) is 1.01. The largest absolute Gasteiger partial charge is 0.356 e. The van der Waals surface area contributed by atoms with Crippen molar-refractivity contribution in [2.24, 2.45) is 5.73 Å². The van der Waals surface area contributed by atoms with Crippen LogP contribution in [0.25, 0.3) is 11.3 Å². The Bertz CT molecular complexity index is 614. The zero-order valence-corrected chi connectivity index (χ0v) is 14.3. The number of rotatable bonds is 6. The van der Waals surface area contributed by atoms with Crippen molar-refractivity contribution in [1.29, 1.82) is 0 Å². The summed E-state index contributed by atoms with van der Waals surface area (Å²) in [6.07, 6.45) is 4.40. The third kappa shape index (κ3) is 4.09. The van der Waals surface area contributed by atoms with Gasteiger partial charge in [0.25, 0.3) is 0 Å². The van der Waals surface area contributed by atoms with E-state index in [0.717, 1.165) is 30.9 Å². The van der Waals surface area contributed by atoms with E-state index >= 15 is 0 Å². The van der Waals surface area contributed by atoms with Crippen molar-refractivity contribution in [3.63, 3.8) is 0 Å². The van der Waals surface area contributed by atoms with Crippen LogP contribution in [0.3, 0.4) is 0 Å². The molecule has 6 heteroatoms. The maximum atomic E-state index is 6.22. The average Bonchev–Trinajstić information content (AvgIpc) is 2.51. The van der Waals surface area contributed by atoms with Crippen molar-refractivity contribution in [3.8, 4) is 11.3 Å². The fraction of sp³-hybridized carbons (Fsp3) is 0.375. The zero-order chi connectivity index (χ0) is 16.1. The predicted octanol–water partition coefficient (Wildman–Crippen LogP) is 4.01. The molecule has 0 bridgehead atoms. The molecule has 22 heavy (non-hydrogen) atoms. The molecule has 0 fully saturated rings. The topological polar surface area (TPSA) is 55.0 Å². The average molecular weight is 339 g/mol. The van der Waals surface area contributed by atoms with E-state index in [2.05, 4.69) is 21.8 Å². The summed E-state index contributed by atoms with van der Waals surface area (Å²) in [4.78, 5) is 11.1. The van der Waals surface area contributed by atoms with Crippen LogP contribution >= 0.6 is 23.2 Å². The first-order valence-corrected chi connectivity index (χ1v) is 8.05. The number of hydrogen-bond donors (Lipinski definition) is 1. The SMILES string of the molecule is CCN(CCC(C)N)c1cnc(-c2cccc(Cl)c2Cl)cn1. The number of nitrogens with two attached hydrogens (primary N) is 1. The molecule has 0 spiro atoms. The summed E-state index contributed by atoms with van der Waals surface area (Å²) in [6, 6.07) is 5.65. The Balaban J connectivity index is 2.20. The van der Waals surface area contributed by atoms with Crippen molar-refractivity contribution < 1.29 is 0 Å². The molecule has 0 amide bonds. The lowest BCUT2D eigenvalue weighted by Gasteiger charge is -2.22. The molecule has 1 atom stereocenters. The van der Waals surface area contributed by atoms with Crippen molar-refractivity contribution in [1.82, 2.24) is 9.97 Å². The third-order valence-corrected chi connectivity index (χ3v) is 4.24. The smallest absolute Gasteiger partial charge is 0.147 e. The number of nitrogens with zero attached hydrogens (tertiary/aromatic N) is 3. The van der Waals surface area contributed by atoms with Crippen LogP contribution in [0, 0.1) is 0 Å². The van der Waals surface area contributed by atoms with E-state index < -0.39 is 0 Å². The highest BCUT2D eigenvalue weighted by Gasteiger charge is 2.11. The van der Waals surface area contributed by atoms with Gasteiger partial charge in [0, 0.05) is 24.7 Å². The second-order valence-corrected chi connectivity index (χ2v) is 5.99. The zero-order valence-electron chi connectivity index (χ0n) is 12.8. The standard InChI is InChI=1S/C16H20Cl2N4/c1-3-22(8-7-11(2)19)15-10-20-14(9-21-15)12-5-4-6-13(17)16(12)18/h4-6,9-11H,3,7-8,19H2,1-2H3. The van der Waals surface area contributed by atoms with Gasteiger partial charge in [0.1, 0.15) is 5.82 Å². The molecule has 0 aliphatic rings. The first-order valence-electron chi connectivity index (χ1n) is 7.30. The fourth-order valence-corrected chi connectivity index (χ4v) is 2.52. The second-order valence-electron chi connectivity index (χ2n) is 5.21. The summed E-state index contributed by atoms with van der Waals surface area (Å²) < 4.78 is 0. The van der Waals surface area contributed by atoms with Gasteiger partial charge in [-0.1, -0.05) is 35.3 Å². The molecule has 0 aliphatic carbocycles. The van der Waals surface area contributed by atoms with E-state index in [1.165, 1.54) is 0 Å². The fourth-order valence-electron chi connectivity index (χ4n) is 2.12. The van der Waals surface area contributed by atoms with E-state index in [9.17, 15) is 0 Å². The Kier molecular flexibility index (Phi) is 6.00. The Morgan fingerprint density at radius 1 is 1.23 bits per heavy atom. The van der Waals surface area contributed by atoms with Crippen molar-refractivity contribution in [2.45, 2.75) is 26.3 Å². The van der Waals surface area contributed by atoms with Crippen LogP contribution in [0.1, 0.15) is 20.3 Å². The summed E-state index contributed by atoms with van der Waals surface area (Å²) in [5.74, 6) is 0.838. The highest BCUT2D eigenvalue weighted by atomic mass is 35.5. The van der Waals surface area contributed by atoms with E-state index in [-0.39, 0.29) is 6.04 Å². The molecule has 1 unspecified atom stereocenters. The van der Waals surface area contributed by atoms with Gasteiger partial charge in [-0.15, -0.1) is 0 Å². The van der Waals surface area contributed by atoms with Crippen LogP contribution in [-0.4, -0.2) is 29.1 Å². The van der Waals surface area contributed by atoms with Crippen molar-refractivity contribution >= 4 is 29.0 Å². The minimum absolute atomic E-state index is 0.173. The molecule has 2 rings (SSSR count). The monoisotopic (exact) mass is 338 g/mol. The summed E-state index contributed by atoms with van der Waals surface area (Å²) in [6.45, 7) is 5.81. The summed E-state index contributed by atoms with van der Waals surface area (Å²) in [7, 11) is 0. The number of anilines is 1. The minimum Gasteiger partial charge on any atom is -0.356 e. The Hall–Kier alpha value is -1.36. The van der Waals surface area contributed by atoms with E-state index in [0.29, 0.717) is 15.7 Å². The van der Waals surface area contributed by atoms with E-state index in [1.807, 2.05) is 19.1 Å². The normalized spacial score (nSPS) is 12.2. The first-order chi connectivity index (χ1) is 10.5. The van der Waals surface area contributed by atoms with Gasteiger partial charge in [0.15, 0.2) is 0 Å². The van der Waals surface area contributed by atoms with Crippen molar-refractivity contribution in [3.05, 3.63) is 40.6 Å². The lowest BCUT2D eigenvalue weighted by molar-refractivity contribution is 0.640. The Morgan fingerprint density at radius 3 is 2.59 bits per heavy atom. The van der Waals surface area contributed by atoms with Gasteiger partial charge in [-0.2, -0.15) is 0 Å². The molecule has 0 aliphatic heterocycles. The summed E-state index contributed by atoms with van der Waals surface area (Å²) in [5.41, 5.74) is 7.31. The molecule has 1 heterocycles. The van der Waals surface area contributed by atoms with E-state index in [1.54, 1.807) is 18.5 Å². The Morgan fingerprint density at radius 2 is 2.00 bits per heavy atom. The number of aromatic nitrogens is 2. The maximum absolute atomic E-state index is 6.22. The molecule has 118 valence electrons. The van der Waals surface area contributed by atoms with Gasteiger partial charge >= 0.3 is 0 Å². The second kappa shape index (κ2) is 7.77. The number of benzene rings is 1.